The largest absolute Gasteiger partial charge is 0.493 e. The van der Waals surface area contributed by atoms with Crippen LogP contribution < -0.4 is 15.2 Å². The lowest BCUT2D eigenvalue weighted by atomic mass is 10.1. The number of ether oxygens (including phenoxy) is 2. The zero-order chi connectivity index (χ0) is 12.8. The summed E-state index contributed by atoms with van der Waals surface area (Å²) >= 11 is 0. The highest BCUT2D eigenvalue weighted by Gasteiger charge is 2.16. The van der Waals surface area contributed by atoms with Crippen molar-refractivity contribution in [3.05, 3.63) is 23.8 Å². The Morgan fingerprint density at radius 3 is 2.67 bits per heavy atom. The fourth-order valence-corrected chi connectivity index (χ4v) is 2.54. The summed E-state index contributed by atoms with van der Waals surface area (Å²) in [6, 6.07) is 6.09. The molecule has 1 aliphatic rings. The first kappa shape index (κ1) is 13.2. The van der Waals surface area contributed by atoms with Gasteiger partial charge < -0.3 is 15.2 Å². The maximum Gasteiger partial charge on any atom is 0.161 e. The van der Waals surface area contributed by atoms with Crippen LogP contribution in [0.4, 0.5) is 0 Å². The Balaban J connectivity index is 1.97. The van der Waals surface area contributed by atoms with Crippen LogP contribution >= 0.6 is 0 Å². The number of methoxy groups -OCH3 is 1. The minimum absolute atomic E-state index is 0.658. The number of nitrogens with two attached hydrogens (primary N) is 1. The van der Waals surface area contributed by atoms with Gasteiger partial charge in [-0.1, -0.05) is 18.9 Å². The van der Waals surface area contributed by atoms with Crippen molar-refractivity contribution in [2.45, 2.75) is 32.1 Å². The maximum absolute atomic E-state index is 5.89. The number of hydrogen-bond acceptors (Lipinski definition) is 3. The molecule has 100 valence electrons. The third-order valence-corrected chi connectivity index (χ3v) is 3.61. The Labute approximate surface area is 109 Å². The van der Waals surface area contributed by atoms with Crippen molar-refractivity contribution >= 4 is 0 Å². The molecule has 1 saturated carbocycles. The van der Waals surface area contributed by atoms with E-state index in [0.717, 1.165) is 30.4 Å². The summed E-state index contributed by atoms with van der Waals surface area (Å²) in [6.45, 7) is 1.47. The molecule has 3 nitrogen and oxygen atoms in total. The molecule has 1 aromatic carbocycles. The van der Waals surface area contributed by atoms with Crippen molar-refractivity contribution in [2.24, 2.45) is 11.7 Å². The van der Waals surface area contributed by atoms with Crippen molar-refractivity contribution in [3.8, 4) is 11.5 Å². The fourth-order valence-electron chi connectivity index (χ4n) is 2.54. The van der Waals surface area contributed by atoms with Crippen molar-refractivity contribution in [1.29, 1.82) is 0 Å². The standard InChI is InChI=1S/C15H23NO2/c1-17-15-10-12(8-9-16)6-7-14(15)18-11-13-4-2-3-5-13/h6-7,10,13H,2-5,8-9,11,16H2,1H3. The van der Waals surface area contributed by atoms with E-state index in [0.29, 0.717) is 6.54 Å². The molecule has 0 radical (unpaired) electrons. The molecule has 0 aliphatic heterocycles. The van der Waals surface area contributed by atoms with Gasteiger partial charge in [-0.15, -0.1) is 0 Å². The lowest BCUT2D eigenvalue weighted by Gasteiger charge is -2.14. The van der Waals surface area contributed by atoms with Crippen molar-refractivity contribution in [1.82, 2.24) is 0 Å². The summed E-state index contributed by atoms with van der Waals surface area (Å²) in [5.41, 5.74) is 6.76. The van der Waals surface area contributed by atoms with Crippen LogP contribution in [0.2, 0.25) is 0 Å². The second-order valence-corrected chi connectivity index (χ2v) is 4.99. The lowest BCUT2D eigenvalue weighted by molar-refractivity contribution is 0.240. The first-order valence-electron chi connectivity index (χ1n) is 6.83. The molecule has 3 heteroatoms. The Kier molecular flexibility index (Phi) is 4.88. The second-order valence-electron chi connectivity index (χ2n) is 4.99. The molecule has 1 aromatic rings. The van der Waals surface area contributed by atoms with E-state index in [2.05, 4.69) is 6.07 Å². The quantitative estimate of drug-likeness (QED) is 0.843. The minimum Gasteiger partial charge on any atom is -0.493 e. The Morgan fingerprint density at radius 2 is 2.00 bits per heavy atom. The molecule has 0 unspecified atom stereocenters. The molecule has 0 spiro atoms. The van der Waals surface area contributed by atoms with Gasteiger partial charge in [0.2, 0.25) is 0 Å². The van der Waals surface area contributed by atoms with Gasteiger partial charge in [0.1, 0.15) is 0 Å². The van der Waals surface area contributed by atoms with Crippen LogP contribution in [0.15, 0.2) is 18.2 Å². The zero-order valence-corrected chi connectivity index (χ0v) is 11.2. The van der Waals surface area contributed by atoms with E-state index in [1.807, 2.05) is 12.1 Å². The molecule has 1 fully saturated rings. The van der Waals surface area contributed by atoms with Gasteiger partial charge in [-0.3, -0.25) is 0 Å². The molecule has 0 amide bonds. The van der Waals surface area contributed by atoms with E-state index < -0.39 is 0 Å². The van der Waals surface area contributed by atoms with Gasteiger partial charge in [0.15, 0.2) is 11.5 Å². The molecule has 2 rings (SSSR count). The summed E-state index contributed by atoms with van der Waals surface area (Å²) in [4.78, 5) is 0. The molecule has 0 saturated heterocycles. The Morgan fingerprint density at radius 1 is 1.22 bits per heavy atom. The van der Waals surface area contributed by atoms with Gasteiger partial charge in [-0.05, 0) is 49.4 Å². The van der Waals surface area contributed by atoms with Crippen LogP contribution in [0.25, 0.3) is 0 Å². The van der Waals surface area contributed by atoms with Crippen LogP contribution in [0.5, 0.6) is 11.5 Å². The van der Waals surface area contributed by atoms with E-state index in [1.165, 1.54) is 31.2 Å². The highest BCUT2D eigenvalue weighted by atomic mass is 16.5. The summed E-state index contributed by atoms with van der Waals surface area (Å²) in [5, 5.41) is 0. The Bertz CT molecular complexity index is 373. The van der Waals surface area contributed by atoms with E-state index in [-0.39, 0.29) is 0 Å². The van der Waals surface area contributed by atoms with E-state index in [9.17, 15) is 0 Å². The predicted molar refractivity (Wildman–Crippen MR) is 73.2 cm³/mol. The van der Waals surface area contributed by atoms with Gasteiger partial charge in [-0.2, -0.15) is 0 Å². The molecule has 1 aliphatic carbocycles. The van der Waals surface area contributed by atoms with Gasteiger partial charge in [0, 0.05) is 0 Å². The minimum atomic E-state index is 0.658. The molecule has 0 atom stereocenters. The van der Waals surface area contributed by atoms with Gasteiger partial charge in [-0.25, -0.2) is 0 Å². The topological polar surface area (TPSA) is 44.5 Å². The van der Waals surface area contributed by atoms with E-state index in [4.69, 9.17) is 15.2 Å². The molecule has 0 bridgehead atoms. The average molecular weight is 249 g/mol. The third-order valence-electron chi connectivity index (χ3n) is 3.61. The van der Waals surface area contributed by atoms with E-state index >= 15 is 0 Å². The maximum atomic E-state index is 5.89. The molecular weight excluding hydrogens is 226 g/mol. The normalized spacial score (nSPS) is 15.9. The summed E-state index contributed by atoms with van der Waals surface area (Å²) < 4.78 is 11.3. The SMILES string of the molecule is COc1cc(CCN)ccc1OCC1CCCC1. The van der Waals surface area contributed by atoms with Gasteiger partial charge >= 0.3 is 0 Å². The first-order chi connectivity index (χ1) is 8.83. The van der Waals surface area contributed by atoms with Crippen molar-refractivity contribution in [3.63, 3.8) is 0 Å². The molecule has 0 heterocycles. The van der Waals surface area contributed by atoms with Crippen LogP contribution in [-0.4, -0.2) is 20.3 Å². The smallest absolute Gasteiger partial charge is 0.161 e. The van der Waals surface area contributed by atoms with Crippen LogP contribution in [-0.2, 0) is 6.42 Å². The lowest BCUT2D eigenvalue weighted by Crippen LogP contribution is -2.09. The van der Waals surface area contributed by atoms with Crippen molar-refractivity contribution in [2.75, 3.05) is 20.3 Å². The fraction of sp³-hybridized carbons (Fsp3) is 0.600. The molecule has 2 N–H and O–H groups in total. The predicted octanol–water partition coefficient (Wildman–Crippen LogP) is 2.77. The highest BCUT2D eigenvalue weighted by Crippen LogP contribution is 2.31. The molecule has 0 aromatic heterocycles. The zero-order valence-electron chi connectivity index (χ0n) is 11.2. The molecular formula is C15H23NO2. The van der Waals surface area contributed by atoms with Crippen LogP contribution in [0.1, 0.15) is 31.2 Å². The third kappa shape index (κ3) is 3.39. The summed E-state index contributed by atoms with van der Waals surface area (Å²) in [7, 11) is 1.68. The van der Waals surface area contributed by atoms with Crippen LogP contribution in [0, 0.1) is 5.92 Å². The highest BCUT2D eigenvalue weighted by molar-refractivity contribution is 5.43. The number of benzene rings is 1. The summed E-state index contributed by atoms with van der Waals surface area (Å²) in [6.07, 6.45) is 6.17. The number of hydrogen-bond donors (Lipinski definition) is 1. The first-order valence-corrected chi connectivity index (χ1v) is 6.83. The monoisotopic (exact) mass is 249 g/mol. The van der Waals surface area contributed by atoms with E-state index in [1.54, 1.807) is 7.11 Å². The van der Waals surface area contributed by atoms with Crippen molar-refractivity contribution < 1.29 is 9.47 Å². The van der Waals surface area contributed by atoms with Crippen LogP contribution in [0.3, 0.4) is 0 Å². The summed E-state index contributed by atoms with van der Waals surface area (Å²) in [5.74, 6) is 2.39. The number of rotatable bonds is 6. The molecule has 18 heavy (non-hydrogen) atoms. The van der Waals surface area contributed by atoms with Gasteiger partial charge in [0.25, 0.3) is 0 Å². The average Bonchev–Trinajstić information content (AvgIpc) is 2.90. The second kappa shape index (κ2) is 6.64. The van der Waals surface area contributed by atoms with Gasteiger partial charge in [0.05, 0.1) is 13.7 Å². The Hall–Kier alpha value is -1.22.